The van der Waals surface area contributed by atoms with E-state index in [2.05, 4.69) is 16.0 Å². The van der Waals surface area contributed by atoms with Gasteiger partial charge in [0.05, 0.1) is 11.7 Å². The molecule has 1 aliphatic heterocycles. The van der Waals surface area contributed by atoms with Gasteiger partial charge in [-0.1, -0.05) is 0 Å². The standard InChI is InChI=1S/C13H17N3O/c1-10-3-6-15-13(12(10)9-14)16-7-4-11(17-2)5-8-16/h3,6,11H,4-5,7-8H2,1-2H3. The second-order valence-corrected chi connectivity index (χ2v) is 4.36. The minimum atomic E-state index is 0.349. The van der Waals surface area contributed by atoms with Crippen molar-refractivity contribution in [1.29, 1.82) is 5.26 Å². The lowest BCUT2D eigenvalue weighted by Gasteiger charge is -2.32. The summed E-state index contributed by atoms with van der Waals surface area (Å²) in [5, 5.41) is 9.19. The first-order valence-electron chi connectivity index (χ1n) is 5.89. The molecule has 0 amide bonds. The number of hydrogen-bond acceptors (Lipinski definition) is 4. The van der Waals surface area contributed by atoms with E-state index in [-0.39, 0.29) is 0 Å². The van der Waals surface area contributed by atoms with Crippen molar-refractivity contribution in [2.24, 2.45) is 0 Å². The molecule has 0 aromatic carbocycles. The Labute approximate surface area is 102 Å². The number of anilines is 1. The molecule has 0 aliphatic carbocycles. The fraction of sp³-hybridized carbons (Fsp3) is 0.538. The molecular formula is C13H17N3O. The summed E-state index contributed by atoms with van der Waals surface area (Å²) in [6.07, 6.45) is 4.11. The zero-order valence-electron chi connectivity index (χ0n) is 10.3. The van der Waals surface area contributed by atoms with Crippen LogP contribution in [-0.2, 0) is 4.74 Å². The molecule has 0 atom stereocenters. The van der Waals surface area contributed by atoms with Crippen LogP contribution in [0.1, 0.15) is 24.0 Å². The third kappa shape index (κ3) is 2.40. The summed E-state index contributed by atoms with van der Waals surface area (Å²) in [5.41, 5.74) is 1.69. The summed E-state index contributed by atoms with van der Waals surface area (Å²) in [6, 6.07) is 4.13. The molecule has 2 heterocycles. The van der Waals surface area contributed by atoms with Gasteiger partial charge in [0.2, 0.25) is 0 Å². The van der Waals surface area contributed by atoms with E-state index < -0.39 is 0 Å². The molecule has 0 spiro atoms. The third-order valence-electron chi connectivity index (χ3n) is 3.33. The summed E-state index contributed by atoms with van der Waals surface area (Å²) in [6.45, 7) is 3.76. The van der Waals surface area contributed by atoms with Gasteiger partial charge < -0.3 is 9.64 Å². The number of rotatable bonds is 2. The summed E-state index contributed by atoms with van der Waals surface area (Å²) >= 11 is 0. The molecule has 1 aliphatic rings. The minimum Gasteiger partial charge on any atom is -0.381 e. The molecule has 4 nitrogen and oxygen atoms in total. The lowest BCUT2D eigenvalue weighted by Crippen LogP contribution is -2.37. The van der Waals surface area contributed by atoms with Gasteiger partial charge in [-0.05, 0) is 31.4 Å². The maximum Gasteiger partial charge on any atom is 0.146 e. The Morgan fingerprint density at radius 3 is 2.76 bits per heavy atom. The van der Waals surface area contributed by atoms with Gasteiger partial charge in [0, 0.05) is 26.4 Å². The van der Waals surface area contributed by atoms with Crippen molar-refractivity contribution in [3.63, 3.8) is 0 Å². The fourth-order valence-corrected chi connectivity index (χ4v) is 2.23. The van der Waals surface area contributed by atoms with Crippen LogP contribution in [0.5, 0.6) is 0 Å². The van der Waals surface area contributed by atoms with Gasteiger partial charge in [0.1, 0.15) is 11.9 Å². The normalized spacial score (nSPS) is 16.9. The average Bonchev–Trinajstić information content (AvgIpc) is 2.38. The highest BCUT2D eigenvalue weighted by atomic mass is 16.5. The van der Waals surface area contributed by atoms with E-state index in [1.165, 1.54) is 0 Å². The minimum absolute atomic E-state index is 0.349. The Bertz CT molecular complexity index is 431. The lowest BCUT2D eigenvalue weighted by molar-refractivity contribution is 0.0818. The number of methoxy groups -OCH3 is 1. The predicted octanol–water partition coefficient (Wildman–Crippen LogP) is 1.88. The summed E-state index contributed by atoms with van der Waals surface area (Å²) in [7, 11) is 1.76. The smallest absolute Gasteiger partial charge is 0.146 e. The molecule has 0 unspecified atom stereocenters. The molecule has 0 saturated carbocycles. The summed E-state index contributed by atoms with van der Waals surface area (Å²) < 4.78 is 5.34. The summed E-state index contributed by atoms with van der Waals surface area (Å²) in [4.78, 5) is 6.53. The maximum absolute atomic E-state index is 9.19. The zero-order chi connectivity index (χ0) is 12.3. The highest BCUT2D eigenvalue weighted by molar-refractivity contribution is 5.57. The number of piperidine rings is 1. The number of aryl methyl sites for hydroxylation is 1. The molecule has 1 saturated heterocycles. The number of pyridine rings is 1. The van der Waals surface area contributed by atoms with Crippen LogP contribution in [0, 0.1) is 18.3 Å². The Hall–Kier alpha value is -1.60. The van der Waals surface area contributed by atoms with E-state index in [0.29, 0.717) is 11.7 Å². The largest absolute Gasteiger partial charge is 0.381 e. The van der Waals surface area contributed by atoms with E-state index in [1.807, 2.05) is 13.0 Å². The van der Waals surface area contributed by atoms with E-state index in [4.69, 9.17) is 4.74 Å². The number of nitriles is 1. The highest BCUT2D eigenvalue weighted by Gasteiger charge is 2.22. The first kappa shape index (κ1) is 11.9. The topological polar surface area (TPSA) is 49.1 Å². The second kappa shape index (κ2) is 5.15. The Morgan fingerprint density at radius 1 is 1.47 bits per heavy atom. The second-order valence-electron chi connectivity index (χ2n) is 4.36. The molecule has 90 valence electrons. The Kier molecular flexibility index (Phi) is 3.60. The molecule has 0 radical (unpaired) electrons. The van der Waals surface area contributed by atoms with Crippen LogP contribution in [0.2, 0.25) is 0 Å². The molecule has 4 heteroatoms. The van der Waals surface area contributed by atoms with Crippen LogP contribution in [0.4, 0.5) is 5.82 Å². The van der Waals surface area contributed by atoms with Gasteiger partial charge >= 0.3 is 0 Å². The van der Waals surface area contributed by atoms with Gasteiger partial charge in [-0.25, -0.2) is 4.98 Å². The molecule has 0 N–H and O–H groups in total. The van der Waals surface area contributed by atoms with E-state index in [1.54, 1.807) is 13.3 Å². The van der Waals surface area contributed by atoms with Crippen LogP contribution in [0.25, 0.3) is 0 Å². The first-order chi connectivity index (χ1) is 8.26. The Balaban J connectivity index is 2.19. The van der Waals surface area contributed by atoms with Crippen molar-refractivity contribution >= 4 is 5.82 Å². The highest BCUT2D eigenvalue weighted by Crippen LogP contribution is 2.24. The molecular weight excluding hydrogens is 214 g/mol. The lowest BCUT2D eigenvalue weighted by atomic mass is 10.1. The van der Waals surface area contributed by atoms with Crippen LogP contribution in [0.3, 0.4) is 0 Å². The molecule has 1 fully saturated rings. The molecule has 0 bridgehead atoms. The molecule has 1 aromatic rings. The van der Waals surface area contributed by atoms with Gasteiger partial charge in [0.15, 0.2) is 0 Å². The van der Waals surface area contributed by atoms with Crippen LogP contribution in [0.15, 0.2) is 12.3 Å². The van der Waals surface area contributed by atoms with Crippen molar-refractivity contribution in [2.45, 2.75) is 25.9 Å². The number of aromatic nitrogens is 1. The van der Waals surface area contributed by atoms with Crippen molar-refractivity contribution < 1.29 is 4.74 Å². The zero-order valence-corrected chi connectivity index (χ0v) is 10.3. The van der Waals surface area contributed by atoms with E-state index in [9.17, 15) is 5.26 Å². The monoisotopic (exact) mass is 231 g/mol. The molecule has 2 rings (SSSR count). The van der Waals surface area contributed by atoms with Crippen molar-refractivity contribution in [3.8, 4) is 6.07 Å². The predicted molar refractivity (Wildman–Crippen MR) is 65.9 cm³/mol. The third-order valence-corrected chi connectivity index (χ3v) is 3.33. The Morgan fingerprint density at radius 2 is 2.18 bits per heavy atom. The van der Waals surface area contributed by atoms with Crippen molar-refractivity contribution in [3.05, 3.63) is 23.4 Å². The quantitative estimate of drug-likeness (QED) is 0.779. The van der Waals surface area contributed by atoms with Gasteiger partial charge in [-0.3, -0.25) is 0 Å². The maximum atomic E-state index is 9.19. The van der Waals surface area contributed by atoms with Crippen LogP contribution in [-0.4, -0.2) is 31.3 Å². The average molecular weight is 231 g/mol. The van der Waals surface area contributed by atoms with E-state index in [0.717, 1.165) is 37.3 Å². The molecule has 17 heavy (non-hydrogen) atoms. The van der Waals surface area contributed by atoms with Gasteiger partial charge in [-0.15, -0.1) is 0 Å². The SMILES string of the molecule is COC1CCN(c2nccc(C)c2C#N)CC1. The molecule has 1 aromatic heterocycles. The van der Waals surface area contributed by atoms with Gasteiger partial charge in [0.25, 0.3) is 0 Å². The summed E-state index contributed by atoms with van der Waals surface area (Å²) in [5.74, 6) is 0.821. The van der Waals surface area contributed by atoms with E-state index >= 15 is 0 Å². The fourth-order valence-electron chi connectivity index (χ4n) is 2.23. The number of nitrogens with zero attached hydrogens (tertiary/aromatic N) is 3. The van der Waals surface area contributed by atoms with Crippen LogP contribution >= 0.6 is 0 Å². The van der Waals surface area contributed by atoms with Crippen LogP contribution < -0.4 is 4.90 Å². The number of ether oxygens (including phenoxy) is 1. The number of hydrogen-bond donors (Lipinski definition) is 0. The first-order valence-corrected chi connectivity index (χ1v) is 5.89. The van der Waals surface area contributed by atoms with Crippen molar-refractivity contribution in [1.82, 2.24) is 4.98 Å². The van der Waals surface area contributed by atoms with Gasteiger partial charge in [-0.2, -0.15) is 5.26 Å². The van der Waals surface area contributed by atoms with Crippen molar-refractivity contribution in [2.75, 3.05) is 25.1 Å².